The van der Waals surface area contributed by atoms with Crippen LogP contribution in [0.3, 0.4) is 0 Å². The molecule has 188 valence electrons. The van der Waals surface area contributed by atoms with Gasteiger partial charge in [0.2, 0.25) is 0 Å². The Morgan fingerprint density at radius 3 is 2.46 bits per heavy atom. The van der Waals surface area contributed by atoms with Crippen molar-refractivity contribution in [1.29, 1.82) is 0 Å². The Balaban J connectivity index is 1.48. The third-order valence-corrected chi connectivity index (χ3v) is 6.28. The van der Waals surface area contributed by atoms with Gasteiger partial charge in [0, 0.05) is 5.02 Å². The summed E-state index contributed by atoms with van der Waals surface area (Å²) < 4.78 is 7.48. The highest BCUT2D eigenvalue weighted by Gasteiger charge is 2.24. The summed E-state index contributed by atoms with van der Waals surface area (Å²) in [6.45, 7) is 2.50. The van der Waals surface area contributed by atoms with E-state index in [2.05, 4.69) is 20.7 Å². The number of aromatic amines is 1. The predicted octanol–water partition coefficient (Wildman–Crippen LogP) is 4.35. The number of thioether (sulfide) groups is 1. The number of ether oxygens (including phenoxy) is 1. The molecule has 0 atom stereocenters. The number of nitrogens with one attached hydrogen (secondary N) is 2. The van der Waals surface area contributed by atoms with E-state index in [1.165, 1.54) is 30.1 Å². The quantitative estimate of drug-likeness (QED) is 0.120. The van der Waals surface area contributed by atoms with Crippen LogP contribution in [0.4, 0.5) is 0 Å². The van der Waals surface area contributed by atoms with Crippen molar-refractivity contribution in [1.82, 2.24) is 15.6 Å². The van der Waals surface area contributed by atoms with Crippen LogP contribution in [-0.2, 0) is 4.79 Å². The van der Waals surface area contributed by atoms with Crippen LogP contribution < -0.4 is 14.7 Å². The highest BCUT2D eigenvalue weighted by Crippen LogP contribution is 2.23. The summed E-state index contributed by atoms with van der Waals surface area (Å²) in [6.07, 6.45) is 1.45. The van der Waals surface area contributed by atoms with E-state index in [1.807, 2.05) is 47.9 Å². The number of halogens is 1. The molecule has 1 heterocycles. The number of amides is 1. The number of carboxylic acids is 1. The van der Waals surface area contributed by atoms with Gasteiger partial charge in [-0.15, -0.1) is 5.10 Å². The topological polar surface area (TPSA) is 121 Å². The molecule has 0 radical (unpaired) electrons. The van der Waals surface area contributed by atoms with Crippen molar-refractivity contribution >= 4 is 41.5 Å². The lowest BCUT2D eigenvalue weighted by atomic mass is 10.1. The Labute approximate surface area is 222 Å². The van der Waals surface area contributed by atoms with E-state index < -0.39 is 5.97 Å². The first kappa shape index (κ1) is 25.9. The molecule has 0 saturated heterocycles. The summed E-state index contributed by atoms with van der Waals surface area (Å²) >= 11 is 7.31. The lowest BCUT2D eigenvalue weighted by Crippen LogP contribution is -2.34. The van der Waals surface area contributed by atoms with Crippen molar-refractivity contribution in [2.75, 3.05) is 12.4 Å². The Hall–Kier alpha value is -4.15. The number of carboxylic acid groups (broad SMARTS) is 1. The maximum Gasteiger partial charge on any atom is 0.342 e. The van der Waals surface area contributed by atoms with Gasteiger partial charge in [-0.25, -0.2) is 10.2 Å². The van der Waals surface area contributed by atoms with E-state index >= 15 is 0 Å². The third kappa shape index (κ3) is 6.75. The van der Waals surface area contributed by atoms with E-state index in [1.54, 1.807) is 24.3 Å². The molecule has 4 rings (SSSR count). The van der Waals surface area contributed by atoms with E-state index in [9.17, 15) is 9.59 Å². The lowest BCUT2D eigenvalue weighted by Gasteiger charge is -2.06. The molecule has 1 aromatic heterocycles. The first-order chi connectivity index (χ1) is 17.9. The number of aromatic carboxylic acids is 1. The number of nitrogens with zero attached hydrogens (tertiary/aromatic N) is 3. The van der Waals surface area contributed by atoms with Crippen molar-refractivity contribution < 1.29 is 24.0 Å². The Kier molecular flexibility index (Phi) is 8.55. The number of hydrogen-bond acceptors (Lipinski definition) is 6. The number of H-pyrrole nitrogens is 1. The fourth-order valence-electron chi connectivity index (χ4n) is 3.35. The summed E-state index contributed by atoms with van der Waals surface area (Å²) in [5, 5.41) is 21.6. The second kappa shape index (κ2) is 12.2. The van der Waals surface area contributed by atoms with Crippen LogP contribution in [0, 0.1) is 0 Å². The summed E-state index contributed by atoms with van der Waals surface area (Å²) in [7, 11) is 0. The van der Waals surface area contributed by atoms with Crippen molar-refractivity contribution in [3.63, 3.8) is 0 Å². The molecular weight excluding hydrogens is 514 g/mol. The van der Waals surface area contributed by atoms with Crippen molar-refractivity contribution in [2.24, 2.45) is 5.10 Å². The molecular formula is C26H23ClN5O4S+. The Morgan fingerprint density at radius 1 is 1.11 bits per heavy atom. The van der Waals surface area contributed by atoms with Gasteiger partial charge in [-0.3, -0.25) is 4.79 Å². The molecule has 0 fully saturated rings. The number of benzene rings is 3. The molecule has 11 heteroatoms. The number of aromatic nitrogens is 3. The Morgan fingerprint density at radius 2 is 1.81 bits per heavy atom. The van der Waals surface area contributed by atoms with Gasteiger partial charge in [0.05, 0.1) is 34.8 Å². The van der Waals surface area contributed by atoms with Crippen LogP contribution in [0.1, 0.15) is 22.8 Å². The molecule has 9 nitrogen and oxygen atoms in total. The van der Waals surface area contributed by atoms with E-state index in [0.29, 0.717) is 22.3 Å². The number of hydrogen-bond donors (Lipinski definition) is 3. The molecule has 4 aromatic rings. The largest absolute Gasteiger partial charge is 0.494 e. The molecule has 0 aliphatic heterocycles. The molecule has 37 heavy (non-hydrogen) atoms. The highest BCUT2D eigenvalue weighted by molar-refractivity contribution is 7.99. The normalized spacial score (nSPS) is 11.0. The number of rotatable bonds is 10. The molecule has 3 aromatic carbocycles. The fourth-order valence-corrected chi connectivity index (χ4v) is 4.23. The highest BCUT2D eigenvalue weighted by atomic mass is 35.5. The zero-order valence-corrected chi connectivity index (χ0v) is 21.3. The van der Waals surface area contributed by atoms with E-state index in [4.69, 9.17) is 21.4 Å². The maximum absolute atomic E-state index is 12.4. The summed E-state index contributed by atoms with van der Waals surface area (Å²) in [4.78, 5) is 23.4. The van der Waals surface area contributed by atoms with Gasteiger partial charge in [0.25, 0.3) is 11.7 Å². The minimum atomic E-state index is -1.01. The molecule has 0 aliphatic carbocycles. The van der Waals surface area contributed by atoms with Crippen molar-refractivity contribution in [3.8, 4) is 22.8 Å². The SMILES string of the molecule is CCOc1ccc(-[n+]2c(SCC(=O)NN=Cc3ccc(C(=O)O)cc3)n[nH]c2-c2ccc(Cl)cc2)cc1. The number of carbonyl (C=O) groups is 2. The van der Waals surface area contributed by atoms with Gasteiger partial charge in [-0.2, -0.15) is 9.67 Å². The lowest BCUT2D eigenvalue weighted by molar-refractivity contribution is -0.625. The van der Waals surface area contributed by atoms with E-state index in [0.717, 1.165) is 22.8 Å². The minimum absolute atomic E-state index is 0.0667. The average Bonchev–Trinajstić information content (AvgIpc) is 3.33. The van der Waals surface area contributed by atoms with Gasteiger partial charge < -0.3 is 9.84 Å². The van der Waals surface area contributed by atoms with Crippen LogP contribution >= 0.6 is 23.4 Å². The fraction of sp³-hybridized carbons (Fsp3) is 0.115. The van der Waals surface area contributed by atoms with Crippen molar-refractivity contribution in [3.05, 3.63) is 88.9 Å². The smallest absolute Gasteiger partial charge is 0.342 e. The van der Waals surface area contributed by atoms with Gasteiger partial charge in [0.15, 0.2) is 0 Å². The molecule has 1 amide bonds. The Bertz CT molecular complexity index is 1400. The van der Waals surface area contributed by atoms with Crippen LogP contribution in [-0.4, -0.2) is 45.8 Å². The predicted molar refractivity (Wildman–Crippen MR) is 142 cm³/mol. The van der Waals surface area contributed by atoms with Crippen molar-refractivity contribution in [2.45, 2.75) is 12.1 Å². The van der Waals surface area contributed by atoms with Crippen LogP contribution in [0.25, 0.3) is 17.1 Å². The molecule has 0 aliphatic rings. The van der Waals surface area contributed by atoms with Gasteiger partial charge in [-0.05, 0) is 84.9 Å². The monoisotopic (exact) mass is 536 g/mol. The van der Waals surface area contributed by atoms with Crippen LogP contribution in [0.15, 0.2) is 83.1 Å². The molecule has 0 spiro atoms. The van der Waals surface area contributed by atoms with Crippen LogP contribution in [0.2, 0.25) is 5.02 Å². The molecule has 0 unspecified atom stereocenters. The second-order valence-corrected chi connectivity index (χ2v) is 9.01. The summed E-state index contributed by atoms with van der Waals surface area (Å²) in [5.74, 6) is 0.225. The first-order valence-electron chi connectivity index (χ1n) is 11.2. The molecule has 0 bridgehead atoms. The van der Waals surface area contributed by atoms with Crippen LogP contribution in [0.5, 0.6) is 5.75 Å². The molecule has 3 N–H and O–H groups in total. The zero-order chi connectivity index (χ0) is 26.2. The maximum atomic E-state index is 12.4. The molecule has 0 saturated carbocycles. The number of carbonyl (C=O) groups excluding carboxylic acids is 1. The average molecular weight is 537 g/mol. The standard InChI is InChI=1S/C26H22ClN5O4S/c1-2-36-22-13-11-21(12-14-22)32-24(18-7-9-20(27)10-8-18)30-31-26(32)37-16-23(33)29-28-15-17-3-5-19(6-4-17)25(34)35/h3-15H,2,16H2,1H3,(H2,29,33,34,35)/p+1. The summed E-state index contributed by atoms with van der Waals surface area (Å²) in [6, 6.07) is 21.1. The zero-order valence-electron chi connectivity index (χ0n) is 19.7. The van der Waals surface area contributed by atoms with Gasteiger partial charge in [0.1, 0.15) is 11.4 Å². The summed E-state index contributed by atoms with van der Waals surface area (Å²) in [5.41, 5.74) is 5.03. The van der Waals surface area contributed by atoms with Gasteiger partial charge >= 0.3 is 11.1 Å². The minimum Gasteiger partial charge on any atom is -0.494 e. The van der Waals surface area contributed by atoms with E-state index in [-0.39, 0.29) is 17.2 Å². The first-order valence-corrected chi connectivity index (χ1v) is 12.6. The third-order valence-electron chi connectivity index (χ3n) is 5.09. The van der Waals surface area contributed by atoms with Gasteiger partial charge in [-0.1, -0.05) is 23.7 Å². The second-order valence-electron chi connectivity index (χ2n) is 7.63. The number of hydrazone groups is 1.